The minimum atomic E-state index is -4.45. The maximum atomic E-state index is 12.8. The summed E-state index contributed by atoms with van der Waals surface area (Å²) in [5, 5.41) is 12.8. The number of aromatic nitrogens is 1. The molecular formula is C22H21F3N2O4. The van der Waals surface area contributed by atoms with Gasteiger partial charge in [0.25, 0.3) is 5.56 Å². The molecule has 1 heterocycles. The monoisotopic (exact) mass is 434 g/mol. The molecule has 1 atom stereocenters. The maximum Gasteiger partial charge on any atom is 0.416 e. The van der Waals surface area contributed by atoms with E-state index in [1.54, 1.807) is 25.1 Å². The van der Waals surface area contributed by atoms with Crippen LogP contribution in [0.3, 0.4) is 0 Å². The van der Waals surface area contributed by atoms with Gasteiger partial charge in [0.15, 0.2) is 0 Å². The number of anilines is 1. The van der Waals surface area contributed by atoms with Gasteiger partial charge >= 0.3 is 6.18 Å². The van der Waals surface area contributed by atoms with E-state index in [1.165, 1.54) is 30.0 Å². The Bertz CT molecular complexity index is 1150. The molecule has 1 amide bonds. The Balaban J connectivity index is 1.91. The first-order valence-electron chi connectivity index (χ1n) is 9.44. The fourth-order valence-electron chi connectivity index (χ4n) is 3.24. The number of aliphatic hydroxyl groups excluding tert-OH is 1. The number of rotatable bonds is 6. The third kappa shape index (κ3) is 4.72. The van der Waals surface area contributed by atoms with Crippen LogP contribution in [0, 0.1) is 0 Å². The van der Waals surface area contributed by atoms with Gasteiger partial charge in [-0.25, -0.2) is 0 Å². The van der Waals surface area contributed by atoms with Crippen molar-refractivity contribution in [2.24, 2.45) is 0 Å². The lowest BCUT2D eigenvalue weighted by molar-refractivity contribution is -0.137. The standard InChI is InChI=1S/C22H21F3N2O4/c1-13(12-28)27-10-9-16-17(21(27)30)7-8-18(31-2)20(16)26-19(29)11-14-3-5-15(6-4-14)22(23,24)25/h3-10,13,28H,11-12H2,1-2H3,(H,26,29)/t13-/m1/s1. The summed E-state index contributed by atoms with van der Waals surface area (Å²) >= 11 is 0. The molecule has 3 aromatic rings. The summed E-state index contributed by atoms with van der Waals surface area (Å²) in [5.74, 6) is -0.140. The molecule has 164 valence electrons. The van der Waals surface area contributed by atoms with Crippen LogP contribution in [-0.4, -0.2) is 29.3 Å². The Morgan fingerprint density at radius 3 is 2.39 bits per heavy atom. The van der Waals surface area contributed by atoms with Gasteiger partial charge in [-0.1, -0.05) is 12.1 Å². The van der Waals surface area contributed by atoms with Crippen LogP contribution in [0.4, 0.5) is 18.9 Å². The van der Waals surface area contributed by atoms with Crippen LogP contribution in [0.2, 0.25) is 0 Å². The number of nitrogens with one attached hydrogen (secondary N) is 1. The summed E-state index contributed by atoms with van der Waals surface area (Å²) < 4.78 is 44.8. The van der Waals surface area contributed by atoms with E-state index in [0.717, 1.165) is 12.1 Å². The molecule has 0 bridgehead atoms. The van der Waals surface area contributed by atoms with Crippen LogP contribution in [0.15, 0.2) is 53.5 Å². The number of amides is 1. The Hall–Kier alpha value is -3.33. The minimum Gasteiger partial charge on any atom is -0.495 e. The molecule has 31 heavy (non-hydrogen) atoms. The Kier molecular flexibility index (Phi) is 6.35. The van der Waals surface area contributed by atoms with E-state index in [-0.39, 0.29) is 24.3 Å². The van der Waals surface area contributed by atoms with Gasteiger partial charge in [0, 0.05) is 17.0 Å². The number of pyridine rings is 1. The smallest absolute Gasteiger partial charge is 0.416 e. The molecule has 6 nitrogen and oxygen atoms in total. The second kappa shape index (κ2) is 8.81. The zero-order valence-corrected chi connectivity index (χ0v) is 16.9. The summed E-state index contributed by atoms with van der Waals surface area (Å²) in [6.45, 7) is 1.49. The summed E-state index contributed by atoms with van der Waals surface area (Å²) in [7, 11) is 1.42. The zero-order chi connectivity index (χ0) is 22.8. The number of fused-ring (bicyclic) bond motifs is 1. The summed E-state index contributed by atoms with van der Waals surface area (Å²) in [6.07, 6.45) is -3.08. The number of carbonyl (C=O) groups excluding carboxylic acids is 1. The predicted molar refractivity (Wildman–Crippen MR) is 110 cm³/mol. The van der Waals surface area contributed by atoms with E-state index < -0.39 is 23.7 Å². The van der Waals surface area contributed by atoms with Crippen molar-refractivity contribution in [1.29, 1.82) is 0 Å². The molecule has 0 aliphatic heterocycles. The Morgan fingerprint density at radius 2 is 1.81 bits per heavy atom. The Morgan fingerprint density at radius 1 is 1.13 bits per heavy atom. The lowest BCUT2D eigenvalue weighted by atomic mass is 10.1. The van der Waals surface area contributed by atoms with Crippen molar-refractivity contribution in [2.75, 3.05) is 19.0 Å². The molecule has 0 spiro atoms. The molecule has 1 aromatic heterocycles. The van der Waals surface area contributed by atoms with Crippen molar-refractivity contribution in [1.82, 2.24) is 4.57 Å². The Labute approximate surface area is 175 Å². The van der Waals surface area contributed by atoms with Crippen LogP contribution >= 0.6 is 0 Å². The van der Waals surface area contributed by atoms with Gasteiger partial charge in [-0.05, 0) is 42.8 Å². The minimum absolute atomic E-state index is 0.156. The molecule has 0 aliphatic rings. The molecule has 0 fully saturated rings. The number of ether oxygens (including phenoxy) is 1. The second-order valence-corrected chi connectivity index (χ2v) is 7.08. The molecule has 0 radical (unpaired) electrons. The number of aliphatic hydroxyl groups is 1. The number of hydrogen-bond donors (Lipinski definition) is 2. The highest BCUT2D eigenvalue weighted by Gasteiger charge is 2.30. The number of methoxy groups -OCH3 is 1. The average molecular weight is 434 g/mol. The largest absolute Gasteiger partial charge is 0.495 e. The second-order valence-electron chi connectivity index (χ2n) is 7.08. The van der Waals surface area contributed by atoms with Crippen LogP contribution in [0.25, 0.3) is 10.8 Å². The summed E-state index contributed by atoms with van der Waals surface area (Å²) in [5.41, 5.74) is -0.428. The SMILES string of the molecule is COc1ccc2c(=O)n([C@H](C)CO)ccc2c1NC(=O)Cc1ccc(C(F)(F)F)cc1. The predicted octanol–water partition coefficient (Wildman–Crippen LogP) is 3.76. The number of benzene rings is 2. The molecule has 9 heteroatoms. The number of alkyl halides is 3. The zero-order valence-electron chi connectivity index (χ0n) is 16.9. The highest BCUT2D eigenvalue weighted by molar-refractivity contribution is 6.04. The topological polar surface area (TPSA) is 80.6 Å². The van der Waals surface area contributed by atoms with Gasteiger partial charge in [-0.3, -0.25) is 9.59 Å². The fourth-order valence-corrected chi connectivity index (χ4v) is 3.24. The van der Waals surface area contributed by atoms with E-state index in [4.69, 9.17) is 4.74 Å². The van der Waals surface area contributed by atoms with Crippen molar-refractivity contribution < 1.29 is 27.8 Å². The first kappa shape index (κ1) is 22.4. The maximum absolute atomic E-state index is 12.8. The van der Waals surface area contributed by atoms with Gasteiger partial charge in [0.2, 0.25) is 5.91 Å². The van der Waals surface area contributed by atoms with Gasteiger partial charge in [0.1, 0.15) is 5.75 Å². The molecule has 0 unspecified atom stereocenters. The molecule has 0 saturated carbocycles. The van der Waals surface area contributed by atoms with Gasteiger partial charge < -0.3 is 19.7 Å². The average Bonchev–Trinajstić information content (AvgIpc) is 2.73. The van der Waals surface area contributed by atoms with Crippen LogP contribution in [0.1, 0.15) is 24.1 Å². The van der Waals surface area contributed by atoms with Crippen LogP contribution in [0.5, 0.6) is 5.75 Å². The molecule has 0 saturated heterocycles. The third-order valence-corrected chi connectivity index (χ3v) is 4.94. The van der Waals surface area contributed by atoms with Crippen molar-refractivity contribution in [2.45, 2.75) is 25.6 Å². The highest BCUT2D eigenvalue weighted by Crippen LogP contribution is 2.32. The lowest BCUT2D eigenvalue weighted by Gasteiger charge is -2.16. The van der Waals surface area contributed by atoms with Crippen molar-refractivity contribution in [3.63, 3.8) is 0 Å². The molecule has 2 N–H and O–H groups in total. The van der Waals surface area contributed by atoms with Crippen molar-refractivity contribution in [3.05, 3.63) is 70.1 Å². The van der Waals surface area contributed by atoms with Gasteiger partial charge in [0.05, 0.1) is 37.4 Å². The molecule has 3 rings (SSSR count). The van der Waals surface area contributed by atoms with E-state index in [0.29, 0.717) is 22.1 Å². The summed E-state index contributed by atoms with van der Waals surface area (Å²) in [6, 6.07) is 8.68. The highest BCUT2D eigenvalue weighted by atomic mass is 19.4. The fraction of sp³-hybridized carbons (Fsp3) is 0.273. The lowest BCUT2D eigenvalue weighted by Crippen LogP contribution is -2.25. The quantitative estimate of drug-likeness (QED) is 0.619. The van der Waals surface area contributed by atoms with Crippen LogP contribution in [-0.2, 0) is 17.4 Å². The normalized spacial score (nSPS) is 12.6. The first-order valence-corrected chi connectivity index (χ1v) is 9.44. The van der Waals surface area contributed by atoms with Crippen LogP contribution < -0.4 is 15.6 Å². The summed E-state index contributed by atoms with van der Waals surface area (Å²) in [4.78, 5) is 25.4. The molecule has 0 aliphatic carbocycles. The van der Waals surface area contributed by atoms with Crippen molar-refractivity contribution in [3.8, 4) is 5.75 Å². The van der Waals surface area contributed by atoms with Gasteiger partial charge in [-0.2, -0.15) is 13.2 Å². The first-order chi connectivity index (χ1) is 14.7. The van der Waals surface area contributed by atoms with Crippen molar-refractivity contribution >= 4 is 22.4 Å². The number of nitrogens with zero attached hydrogens (tertiary/aromatic N) is 1. The number of carbonyl (C=O) groups is 1. The molecular weight excluding hydrogens is 413 g/mol. The van der Waals surface area contributed by atoms with E-state index in [1.807, 2.05) is 0 Å². The third-order valence-electron chi connectivity index (χ3n) is 4.94. The van der Waals surface area contributed by atoms with E-state index in [9.17, 15) is 27.9 Å². The number of halogens is 3. The van der Waals surface area contributed by atoms with Gasteiger partial charge in [-0.15, -0.1) is 0 Å². The van der Waals surface area contributed by atoms with E-state index in [2.05, 4.69) is 5.32 Å². The van der Waals surface area contributed by atoms with E-state index >= 15 is 0 Å². The molecule has 2 aromatic carbocycles. The number of hydrogen-bond acceptors (Lipinski definition) is 4.